The van der Waals surface area contributed by atoms with Crippen LogP contribution in [0.4, 0.5) is 11.5 Å². The van der Waals surface area contributed by atoms with E-state index < -0.39 is 0 Å². The number of carbonyl (C=O) groups is 1. The van der Waals surface area contributed by atoms with Crippen molar-refractivity contribution in [2.75, 3.05) is 32.6 Å². The van der Waals surface area contributed by atoms with Crippen LogP contribution >= 0.6 is 0 Å². The van der Waals surface area contributed by atoms with Gasteiger partial charge in [0.1, 0.15) is 11.5 Å². The first kappa shape index (κ1) is 22.6. The van der Waals surface area contributed by atoms with Crippen LogP contribution in [0.1, 0.15) is 39.5 Å². The molecular formula is C27H29N7O2. The number of ether oxygens (including phenoxy) is 1. The Kier molecular flexibility index (Phi) is 5.66. The molecule has 1 unspecified atom stereocenters. The molecule has 4 aromatic heterocycles. The van der Waals surface area contributed by atoms with Gasteiger partial charge in [0.2, 0.25) is 0 Å². The van der Waals surface area contributed by atoms with Crippen molar-refractivity contribution in [2.45, 2.75) is 25.4 Å². The predicted molar refractivity (Wildman–Crippen MR) is 138 cm³/mol. The minimum atomic E-state index is -0.109. The Balaban J connectivity index is 1.39. The van der Waals surface area contributed by atoms with Crippen molar-refractivity contribution in [3.8, 4) is 11.3 Å². The number of nitrogens with one attached hydrogen (secondary N) is 2. The quantitative estimate of drug-likeness (QED) is 0.433. The molecule has 1 atom stereocenters. The lowest BCUT2D eigenvalue weighted by Gasteiger charge is -2.19. The number of nitrogens with zero attached hydrogens (tertiary/aromatic N) is 5. The number of aryl methyl sites for hydroxylation is 1. The molecule has 9 nitrogen and oxygen atoms in total. The monoisotopic (exact) mass is 483 g/mol. The molecular weight excluding hydrogens is 454 g/mol. The summed E-state index contributed by atoms with van der Waals surface area (Å²) in [6.07, 6.45) is 6.52. The molecule has 1 fully saturated rings. The van der Waals surface area contributed by atoms with Gasteiger partial charge < -0.3 is 24.8 Å². The van der Waals surface area contributed by atoms with Crippen LogP contribution in [0, 0.1) is 0 Å². The van der Waals surface area contributed by atoms with E-state index in [-0.39, 0.29) is 5.91 Å². The summed E-state index contributed by atoms with van der Waals surface area (Å²) in [5.41, 5.74) is 7.05. The second kappa shape index (κ2) is 9.00. The molecule has 2 aliphatic rings. The highest BCUT2D eigenvalue weighted by Gasteiger charge is 2.28. The Labute approximate surface area is 209 Å². The van der Waals surface area contributed by atoms with E-state index in [2.05, 4.69) is 26.6 Å². The van der Waals surface area contributed by atoms with Gasteiger partial charge in [-0.25, -0.2) is 9.97 Å². The average molecular weight is 484 g/mol. The lowest BCUT2D eigenvalue weighted by atomic mass is 9.96. The van der Waals surface area contributed by atoms with Crippen LogP contribution in [-0.2, 0) is 24.9 Å². The molecule has 1 saturated heterocycles. The number of pyridine rings is 3. The third-order valence-electron chi connectivity index (χ3n) is 6.96. The van der Waals surface area contributed by atoms with Crippen molar-refractivity contribution in [3.05, 3.63) is 65.2 Å². The van der Waals surface area contributed by atoms with Gasteiger partial charge in [-0.1, -0.05) is 6.07 Å². The van der Waals surface area contributed by atoms with Gasteiger partial charge in [0.25, 0.3) is 5.91 Å². The van der Waals surface area contributed by atoms with Crippen molar-refractivity contribution in [2.24, 2.45) is 7.05 Å². The molecule has 6 rings (SSSR count). The molecule has 36 heavy (non-hydrogen) atoms. The Hall–Kier alpha value is -3.82. The van der Waals surface area contributed by atoms with Gasteiger partial charge in [0.05, 0.1) is 35.4 Å². The zero-order valence-corrected chi connectivity index (χ0v) is 20.7. The number of hydrogen-bond acceptors (Lipinski definition) is 7. The highest BCUT2D eigenvalue weighted by Crippen LogP contribution is 2.36. The molecule has 6 heterocycles. The lowest BCUT2D eigenvalue weighted by molar-refractivity contribution is 0.0966. The summed E-state index contributed by atoms with van der Waals surface area (Å²) >= 11 is 0. The van der Waals surface area contributed by atoms with E-state index in [1.165, 1.54) is 5.56 Å². The fraction of sp³-hybridized carbons (Fsp3) is 0.333. The first-order valence-corrected chi connectivity index (χ1v) is 12.2. The van der Waals surface area contributed by atoms with Crippen molar-refractivity contribution in [1.82, 2.24) is 29.7 Å². The van der Waals surface area contributed by atoms with Gasteiger partial charge in [-0.15, -0.1) is 0 Å². The third-order valence-corrected chi connectivity index (χ3v) is 6.96. The summed E-state index contributed by atoms with van der Waals surface area (Å²) in [6.45, 7) is 2.69. The fourth-order valence-electron chi connectivity index (χ4n) is 5.24. The number of rotatable bonds is 6. The second-order valence-electron chi connectivity index (χ2n) is 9.73. The molecule has 0 aromatic carbocycles. The van der Waals surface area contributed by atoms with E-state index in [4.69, 9.17) is 14.7 Å². The number of fused-ring (bicyclic) bond motifs is 2. The van der Waals surface area contributed by atoms with Gasteiger partial charge in [0, 0.05) is 61.6 Å². The van der Waals surface area contributed by atoms with Gasteiger partial charge in [-0.2, -0.15) is 0 Å². The smallest absolute Gasteiger partial charge is 0.254 e. The first-order chi connectivity index (χ1) is 17.5. The third kappa shape index (κ3) is 3.90. The summed E-state index contributed by atoms with van der Waals surface area (Å²) in [4.78, 5) is 29.3. The molecule has 2 aliphatic heterocycles. The summed E-state index contributed by atoms with van der Waals surface area (Å²) in [6, 6.07) is 8.12. The van der Waals surface area contributed by atoms with Crippen LogP contribution in [0.2, 0.25) is 0 Å². The maximum atomic E-state index is 12.9. The SMILES string of the molecule is CN(C)Cc1nc(Nc2cnc(-c3ccnc4c3ccn4C)c3c2C(=O)NC3)ccc1C1CCOC1. The van der Waals surface area contributed by atoms with Crippen LogP contribution in [0.5, 0.6) is 0 Å². The van der Waals surface area contributed by atoms with Gasteiger partial charge in [0.15, 0.2) is 0 Å². The number of hydrogen-bond donors (Lipinski definition) is 2. The maximum absolute atomic E-state index is 12.9. The number of carbonyl (C=O) groups excluding carboxylic acids is 1. The van der Waals surface area contributed by atoms with Gasteiger partial charge in [-0.05, 0) is 44.3 Å². The Morgan fingerprint density at radius 3 is 2.92 bits per heavy atom. The zero-order valence-electron chi connectivity index (χ0n) is 20.7. The van der Waals surface area contributed by atoms with Crippen LogP contribution in [0.25, 0.3) is 22.3 Å². The minimum absolute atomic E-state index is 0.109. The van der Waals surface area contributed by atoms with Crippen molar-refractivity contribution in [3.63, 3.8) is 0 Å². The van der Waals surface area contributed by atoms with Crippen molar-refractivity contribution < 1.29 is 9.53 Å². The van der Waals surface area contributed by atoms with E-state index >= 15 is 0 Å². The number of anilines is 2. The molecule has 0 saturated carbocycles. The van der Waals surface area contributed by atoms with Crippen LogP contribution < -0.4 is 10.6 Å². The number of amides is 1. The molecule has 1 amide bonds. The average Bonchev–Trinajstić information content (AvgIpc) is 3.61. The summed E-state index contributed by atoms with van der Waals surface area (Å²) in [5, 5.41) is 7.37. The first-order valence-electron chi connectivity index (χ1n) is 12.2. The molecule has 9 heteroatoms. The molecule has 2 N–H and O–H groups in total. The largest absolute Gasteiger partial charge is 0.381 e. The van der Waals surface area contributed by atoms with Gasteiger partial charge in [-0.3, -0.25) is 9.78 Å². The normalized spacial score (nSPS) is 17.1. The lowest BCUT2D eigenvalue weighted by Crippen LogP contribution is -2.16. The van der Waals surface area contributed by atoms with E-state index in [0.29, 0.717) is 29.5 Å². The molecule has 0 aliphatic carbocycles. The number of aromatic nitrogens is 4. The molecule has 0 bridgehead atoms. The molecule has 0 spiro atoms. The van der Waals surface area contributed by atoms with Gasteiger partial charge >= 0.3 is 0 Å². The second-order valence-corrected chi connectivity index (χ2v) is 9.73. The molecule has 4 aromatic rings. The van der Waals surface area contributed by atoms with E-state index in [0.717, 1.165) is 59.7 Å². The topological polar surface area (TPSA) is 97.2 Å². The van der Waals surface area contributed by atoms with E-state index in [1.54, 1.807) is 12.4 Å². The highest BCUT2D eigenvalue weighted by molar-refractivity contribution is 6.06. The van der Waals surface area contributed by atoms with Crippen LogP contribution in [0.3, 0.4) is 0 Å². The fourth-order valence-corrected chi connectivity index (χ4v) is 5.24. The Morgan fingerprint density at radius 2 is 2.11 bits per heavy atom. The molecule has 0 radical (unpaired) electrons. The standard InChI is InChI=1S/C27H29N7O2/c1-33(2)14-22-17(16-8-11-36-15-16)4-5-23(32-22)31-21-13-29-25(20-12-30-27(35)24(20)21)18-6-9-28-26-19(18)7-10-34(26)3/h4-7,9-10,13,16H,8,11-12,14-15H2,1-3H3,(H,30,35)(H,31,32). The van der Waals surface area contributed by atoms with Crippen LogP contribution in [-0.4, -0.2) is 57.6 Å². The summed E-state index contributed by atoms with van der Waals surface area (Å²) < 4.78 is 7.60. The maximum Gasteiger partial charge on any atom is 0.254 e. The van der Waals surface area contributed by atoms with E-state index in [9.17, 15) is 4.79 Å². The minimum Gasteiger partial charge on any atom is -0.381 e. The van der Waals surface area contributed by atoms with Crippen molar-refractivity contribution >= 4 is 28.4 Å². The Morgan fingerprint density at radius 1 is 1.22 bits per heavy atom. The van der Waals surface area contributed by atoms with Crippen molar-refractivity contribution in [1.29, 1.82) is 0 Å². The van der Waals surface area contributed by atoms with Crippen LogP contribution in [0.15, 0.2) is 42.9 Å². The predicted octanol–water partition coefficient (Wildman–Crippen LogP) is 3.58. The zero-order chi connectivity index (χ0) is 24.8. The Bertz CT molecular complexity index is 1470. The molecule has 184 valence electrons. The highest BCUT2D eigenvalue weighted by atomic mass is 16.5. The van der Waals surface area contributed by atoms with E-state index in [1.807, 2.05) is 50.1 Å². The summed E-state index contributed by atoms with van der Waals surface area (Å²) in [5.74, 6) is 0.954. The summed E-state index contributed by atoms with van der Waals surface area (Å²) in [7, 11) is 6.05.